The van der Waals surface area contributed by atoms with Crippen LogP contribution in [0, 0.1) is 0 Å². The summed E-state index contributed by atoms with van der Waals surface area (Å²) in [4.78, 5) is 0. The maximum absolute atomic E-state index is 2.21. The zero-order valence-electron chi connectivity index (χ0n) is 4.12. The van der Waals surface area contributed by atoms with Gasteiger partial charge in [0.25, 0.3) is 0 Å². The van der Waals surface area contributed by atoms with Gasteiger partial charge in [0.2, 0.25) is 0 Å². The molecule has 0 aliphatic rings. The standard InChI is InChI=1S/CH8B4/c2-4-1-5-3/h4-5H,1-3H2. The fourth-order valence-corrected chi connectivity index (χ4v) is 0.354. The molecule has 0 amide bonds. The molecule has 0 radical (unpaired) electrons. The molecule has 0 aromatic rings. The second-order valence-corrected chi connectivity index (χ2v) is 1.35. The molecular weight excluding hydrogens is 55.3 g/mol. The van der Waals surface area contributed by atoms with E-state index in [4.69, 9.17) is 0 Å². The smallest absolute Gasteiger partial charge is 0.0730 e. The van der Waals surface area contributed by atoms with Crippen LogP contribution in [-0.4, -0.2) is 29.8 Å². The Morgan fingerprint density at radius 1 is 1.20 bits per heavy atom. The van der Waals surface area contributed by atoms with E-state index in [1.807, 2.05) is 0 Å². The van der Waals surface area contributed by atoms with E-state index in [-0.39, 0.29) is 0 Å². The van der Waals surface area contributed by atoms with E-state index in [9.17, 15) is 0 Å². The Kier molecular flexibility index (Phi) is 4.48. The highest BCUT2D eigenvalue weighted by molar-refractivity contribution is 7.01. The molecule has 24 valence electrons. The first-order chi connectivity index (χ1) is 2.41. The van der Waals surface area contributed by atoms with Gasteiger partial charge in [0.05, 0.1) is 29.8 Å². The van der Waals surface area contributed by atoms with Crippen molar-refractivity contribution in [3.63, 3.8) is 0 Å². The summed E-state index contributed by atoms with van der Waals surface area (Å²) >= 11 is 0. The predicted octanol–water partition coefficient (Wildman–Crippen LogP) is -2.67. The molecule has 0 unspecified atom stereocenters. The molecule has 0 atom stereocenters. The van der Waals surface area contributed by atoms with Gasteiger partial charge in [-0.15, -0.1) is 6.22 Å². The molecule has 0 aromatic heterocycles. The molecule has 0 aliphatic carbocycles. The van der Waals surface area contributed by atoms with Crippen LogP contribution < -0.4 is 0 Å². The monoisotopic (exact) mass is 64.1 g/mol. The van der Waals surface area contributed by atoms with Gasteiger partial charge in [-0.3, -0.25) is 0 Å². The molecule has 0 fully saturated rings. The Morgan fingerprint density at radius 3 is 1.60 bits per heavy atom. The van der Waals surface area contributed by atoms with E-state index in [0.29, 0.717) is 0 Å². The second kappa shape index (κ2) is 4.26. The minimum Gasteiger partial charge on any atom is -0.114 e. The van der Waals surface area contributed by atoms with E-state index in [0.717, 1.165) is 0 Å². The molecule has 0 spiro atoms. The van der Waals surface area contributed by atoms with Gasteiger partial charge in [-0.05, 0) is 0 Å². The summed E-state index contributed by atoms with van der Waals surface area (Å²) in [6.45, 7) is 0. The van der Waals surface area contributed by atoms with Gasteiger partial charge in [-0.25, -0.2) is 0 Å². The Hall–Kier alpha value is 0.260. The van der Waals surface area contributed by atoms with Crippen LogP contribution in [0.3, 0.4) is 0 Å². The number of hydrogen-bond donors (Lipinski definition) is 0. The molecule has 0 saturated carbocycles. The molecule has 0 bridgehead atoms. The molecule has 5 heavy (non-hydrogen) atoms. The summed E-state index contributed by atoms with van der Waals surface area (Å²) in [6.07, 6.45) is 1.39. The maximum atomic E-state index is 2.21. The summed E-state index contributed by atoms with van der Waals surface area (Å²) in [5, 5.41) is 0. The van der Waals surface area contributed by atoms with Crippen LogP contribution in [0.25, 0.3) is 0 Å². The van der Waals surface area contributed by atoms with Crippen molar-refractivity contribution < 1.29 is 0 Å². The summed E-state index contributed by atoms with van der Waals surface area (Å²) in [5.41, 5.74) is 0. The van der Waals surface area contributed by atoms with Crippen molar-refractivity contribution in [3.8, 4) is 0 Å². The van der Waals surface area contributed by atoms with Crippen molar-refractivity contribution in [3.05, 3.63) is 0 Å². The van der Waals surface area contributed by atoms with Gasteiger partial charge in [0, 0.05) is 0 Å². The number of rotatable bonds is 2. The average molecular weight is 63.3 g/mol. The fraction of sp³-hybridized carbons (Fsp3) is 1.00. The Bertz CT molecular complexity index is 11.1. The van der Waals surface area contributed by atoms with Gasteiger partial charge in [0.1, 0.15) is 0 Å². The summed E-state index contributed by atoms with van der Waals surface area (Å²) in [5.74, 6) is 0. The highest BCUT2D eigenvalue weighted by atomic mass is 13.1. The van der Waals surface area contributed by atoms with Crippen molar-refractivity contribution in [2.75, 3.05) is 0 Å². The van der Waals surface area contributed by atoms with Crippen LogP contribution in [0.15, 0.2) is 0 Å². The van der Waals surface area contributed by atoms with Crippen LogP contribution in [0.1, 0.15) is 0 Å². The molecule has 0 heterocycles. The Balaban J connectivity index is 2.19. The Labute approximate surface area is 37.0 Å². The average Bonchev–Trinajstić information content (AvgIpc) is 1.41. The van der Waals surface area contributed by atoms with E-state index >= 15 is 0 Å². The molecule has 0 rings (SSSR count). The van der Waals surface area contributed by atoms with Crippen molar-refractivity contribution in [1.29, 1.82) is 0 Å². The van der Waals surface area contributed by atoms with Crippen molar-refractivity contribution in [2.45, 2.75) is 6.22 Å². The van der Waals surface area contributed by atoms with Crippen LogP contribution in [0.5, 0.6) is 0 Å². The van der Waals surface area contributed by atoms with Crippen LogP contribution in [0.4, 0.5) is 0 Å². The third-order valence-corrected chi connectivity index (χ3v) is 0.707. The first-order valence-corrected chi connectivity index (χ1v) is 2.41. The Morgan fingerprint density at radius 2 is 1.60 bits per heavy atom. The molecule has 0 nitrogen and oxygen atoms in total. The first kappa shape index (κ1) is 5.26. The minimum atomic E-state index is 1.34. The lowest BCUT2D eigenvalue weighted by Crippen LogP contribution is -1.94. The van der Waals surface area contributed by atoms with Gasteiger partial charge in [0.15, 0.2) is 0 Å². The van der Waals surface area contributed by atoms with E-state index in [1.165, 1.54) is 20.6 Å². The largest absolute Gasteiger partial charge is 0.114 e. The van der Waals surface area contributed by atoms with E-state index in [2.05, 4.69) is 15.5 Å². The second-order valence-electron chi connectivity index (χ2n) is 1.35. The van der Waals surface area contributed by atoms with Crippen molar-refractivity contribution >= 4 is 29.8 Å². The zero-order valence-corrected chi connectivity index (χ0v) is 4.12. The lowest BCUT2D eigenvalue weighted by atomic mass is 9.37. The normalized spacial score (nSPS) is 6.40. The topological polar surface area (TPSA) is 0 Å². The number of hydrogen-bond acceptors (Lipinski definition) is 0. The van der Waals surface area contributed by atoms with E-state index in [1.54, 1.807) is 0 Å². The predicted molar refractivity (Wildman–Crippen MR) is 36.2 cm³/mol. The van der Waals surface area contributed by atoms with Crippen LogP contribution in [-0.2, 0) is 0 Å². The third kappa shape index (κ3) is 4.26. The maximum Gasteiger partial charge on any atom is 0.0730 e. The summed E-state index contributed by atoms with van der Waals surface area (Å²) in [6, 6.07) is 0. The first-order valence-electron chi connectivity index (χ1n) is 2.41. The molecule has 0 N–H and O–H groups in total. The minimum absolute atomic E-state index is 1.34. The molecule has 0 saturated heterocycles. The highest BCUT2D eigenvalue weighted by Gasteiger charge is 1.75. The lowest BCUT2D eigenvalue weighted by Gasteiger charge is -1.72. The van der Waals surface area contributed by atoms with Gasteiger partial charge >= 0.3 is 0 Å². The van der Waals surface area contributed by atoms with Crippen LogP contribution in [0.2, 0.25) is 6.22 Å². The van der Waals surface area contributed by atoms with Crippen molar-refractivity contribution in [2.24, 2.45) is 0 Å². The van der Waals surface area contributed by atoms with E-state index < -0.39 is 0 Å². The molecular formula is CH8B4. The lowest BCUT2D eigenvalue weighted by molar-refractivity contribution is 2.10. The summed E-state index contributed by atoms with van der Waals surface area (Å²) in [7, 11) is 7.11. The van der Waals surface area contributed by atoms with Gasteiger partial charge in [-0.1, -0.05) is 0 Å². The van der Waals surface area contributed by atoms with Gasteiger partial charge in [-0.2, -0.15) is 0 Å². The quantitative estimate of drug-likeness (QED) is 0.307. The SMILES string of the molecule is BBCBB. The molecule has 0 aromatic carbocycles. The van der Waals surface area contributed by atoms with Crippen molar-refractivity contribution in [1.82, 2.24) is 0 Å². The summed E-state index contributed by atoms with van der Waals surface area (Å²) < 4.78 is 0. The van der Waals surface area contributed by atoms with Gasteiger partial charge < -0.3 is 0 Å². The third-order valence-electron chi connectivity index (χ3n) is 0.707. The van der Waals surface area contributed by atoms with Crippen LogP contribution >= 0.6 is 0 Å². The fourth-order valence-electron chi connectivity index (χ4n) is 0.354. The molecule has 0 aliphatic heterocycles. The zero-order chi connectivity index (χ0) is 4.12. The highest BCUT2D eigenvalue weighted by Crippen LogP contribution is 1.59. The molecule has 4 heteroatoms.